The molecule has 0 aromatic carbocycles. The standard InChI is InChI=1S/C21H30N4O6S/c1-12(2)19(20(22)30)24-21(31)15-10-13(23-16(26)11-14-4-3-9-32-14)7-8-25(15)17(27)5-6-18(28)29/h3-4,9,12-13,15,19H,5-8,10-11H2,1-2H3,(H2,22,30)(H,23,26)(H,24,31)(H,28,29)/p-1/t13-,15-,19+/m0/s1. The van der Waals surface area contributed by atoms with Crippen molar-refractivity contribution in [2.24, 2.45) is 11.7 Å². The fraction of sp³-hybridized carbons (Fsp3) is 0.571. The molecule has 1 fully saturated rings. The highest BCUT2D eigenvalue weighted by atomic mass is 32.1. The summed E-state index contributed by atoms with van der Waals surface area (Å²) in [7, 11) is 0. The molecule has 4 amide bonds. The van der Waals surface area contributed by atoms with Crippen molar-refractivity contribution in [3.63, 3.8) is 0 Å². The third-order valence-electron chi connectivity index (χ3n) is 5.32. The number of rotatable bonds is 10. The van der Waals surface area contributed by atoms with Crippen LogP contribution < -0.4 is 21.5 Å². The van der Waals surface area contributed by atoms with Crippen LogP contribution in [0.15, 0.2) is 17.5 Å². The molecule has 11 heteroatoms. The molecular weight excluding hydrogens is 436 g/mol. The molecule has 0 bridgehead atoms. The second kappa shape index (κ2) is 11.6. The number of nitrogens with two attached hydrogens (primary N) is 1. The van der Waals surface area contributed by atoms with Crippen LogP contribution in [0.3, 0.4) is 0 Å². The lowest BCUT2D eigenvalue weighted by Gasteiger charge is -2.39. The molecule has 1 aromatic rings. The van der Waals surface area contributed by atoms with Crippen molar-refractivity contribution in [1.82, 2.24) is 15.5 Å². The highest BCUT2D eigenvalue weighted by molar-refractivity contribution is 7.10. The Balaban J connectivity index is 2.11. The van der Waals surface area contributed by atoms with E-state index in [0.29, 0.717) is 6.42 Å². The molecule has 1 saturated heterocycles. The van der Waals surface area contributed by atoms with Crippen LogP contribution in [0.25, 0.3) is 0 Å². The largest absolute Gasteiger partial charge is 0.550 e. The number of thiophene rings is 1. The normalized spacial score (nSPS) is 19.3. The highest BCUT2D eigenvalue weighted by Crippen LogP contribution is 2.21. The van der Waals surface area contributed by atoms with Gasteiger partial charge < -0.3 is 31.2 Å². The number of piperidine rings is 1. The predicted molar refractivity (Wildman–Crippen MR) is 115 cm³/mol. The molecule has 176 valence electrons. The lowest BCUT2D eigenvalue weighted by atomic mass is 9.94. The smallest absolute Gasteiger partial charge is 0.243 e. The van der Waals surface area contributed by atoms with Gasteiger partial charge in [0.2, 0.25) is 23.6 Å². The summed E-state index contributed by atoms with van der Waals surface area (Å²) in [5.74, 6) is -3.57. The number of primary amides is 1. The van der Waals surface area contributed by atoms with Gasteiger partial charge in [0, 0.05) is 29.9 Å². The number of nitrogens with one attached hydrogen (secondary N) is 2. The Kier molecular flexibility index (Phi) is 9.18. The molecule has 3 atom stereocenters. The minimum absolute atomic E-state index is 0.142. The Morgan fingerprint density at radius 2 is 1.97 bits per heavy atom. The molecule has 2 heterocycles. The number of hydrogen-bond acceptors (Lipinski definition) is 7. The highest BCUT2D eigenvalue weighted by Gasteiger charge is 2.38. The van der Waals surface area contributed by atoms with Gasteiger partial charge in [0.1, 0.15) is 12.1 Å². The zero-order chi connectivity index (χ0) is 23.8. The number of carbonyl (C=O) groups is 5. The summed E-state index contributed by atoms with van der Waals surface area (Å²) in [6.45, 7) is 3.62. The van der Waals surface area contributed by atoms with Gasteiger partial charge >= 0.3 is 0 Å². The molecule has 4 N–H and O–H groups in total. The minimum Gasteiger partial charge on any atom is -0.550 e. The molecule has 32 heavy (non-hydrogen) atoms. The van der Waals surface area contributed by atoms with Crippen molar-refractivity contribution < 1.29 is 29.1 Å². The SMILES string of the molecule is CC(C)[C@@H](NC(=O)[C@@H]1C[C@@H](NC(=O)Cc2cccs2)CCN1C(=O)CCC(=O)[O-])C(N)=O. The van der Waals surface area contributed by atoms with E-state index in [-0.39, 0.29) is 43.7 Å². The van der Waals surface area contributed by atoms with Crippen molar-refractivity contribution in [2.45, 2.75) is 64.1 Å². The minimum atomic E-state index is -1.36. The number of likely N-dealkylation sites (tertiary alicyclic amines) is 1. The summed E-state index contributed by atoms with van der Waals surface area (Å²) in [4.78, 5) is 62.6. The summed E-state index contributed by atoms with van der Waals surface area (Å²) in [6.07, 6.45) is 0.0188. The third-order valence-corrected chi connectivity index (χ3v) is 6.20. The topological polar surface area (TPSA) is 162 Å². The van der Waals surface area contributed by atoms with Gasteiger partial charge in [-0.25, -0.2) is 0 Å². The Bertz CT molecular complexity index is 841. The molecule has 0 aliphatic carbocycles. The number of aliphatic carboxylic acids is 1. The van der Waals surface area contributed by atoms with Crippen LogP contribution in [0.4, 0.5) is 0 Å². The Labute approximate surface area is 190 Å². The number of carboxylic acids is 1. The maximum absolute atomic E-state index is 13.0. The molecule has 0 radical (unpaired) electrons. The van der Waals surface area contributed by atoms with Gasteiger partial charge in [-0.3, -0.25) is 19.2 Å². The lowest BCUT2D eigenvalue weighted by Crippen LogP contribution is -2.60. The Morgan fingerprint density at radius 3 is 2.53 bits per heavy atom. The molecule has 0 unspecified atom stereocenters. The molecular formula is C21H29N4O6S-. The van der Waals surface area contributed by atoms with E-state index in [1.54, 1.807) is 13.8 Å². The summed E-state index contributed by atoms with van der Waals surface area (Å²) < 4.78 is 0. The summed E-state index contributed by atoms with van der Waals surface area (Å²) in [5, 5.41) is 18.1. The van der Waals surface area contributed by atoms with Gasteiger partial charge in [0.25, 0.3) is 0 Å². The van der Waals surface area contributed by atoms with E-state index in [2.05, 4.69) is 10.6 Å². The van der Waals surface area contributed by atoms with Crippen molar-refractivity contribution in [3.8, 4) is 0 Å². The first-order valence-corrected chi connectivity index (χ1v) is 11.4. The fourth-order valence-electron chi connectivity index (χ4n) is 3.66. The maximum Gasteiger partial charge on any atom is 0.243 e. The second-order valence-corrected chi connectivity index (χ2v) is 9.18. The number of amides is 4. The van der Waals surface area contributed by atoms with E-state index in [0.717, 1.165) is 4.88 Å². The van der Waals surface area contributed by atoms with Gasteiger partial charge in [0.05, 0.1) is 6.42 Å². The Hall–Kier alpha value is -2.95. The van der Waals surface area contributed by atoms with Gasteiger partial charge in [-0.15, -0.1) is 11.3 Å². The van der Waals surface area contributed by atoms with E-state index in [1.165, 1.54) is 16.2 Å². The van der Waals surface area contributed by atoms with Crippen LogP contribution in [-0.4, -0.2) is 59.2 Å². The molecule has 1 aromatic heterocycles. The second-order valence-electron chi connectivity index (χ2n) is 8.15. The monoisotopic (exact) mass is 465 g/mol. The third kappa shape index (κ3) is 7.33. The average molecular weight is 466 g/mol. The molecule has 2 rings (SSSR count). The summed E-state index contributed by atoms with van der Waals surface area (Å²) in [5.41, 5.74) is 5.39. The van der Waals surface area contributed by atoms with Gasteiger partial charge in [0.15, 0.2) is 0 Å². The first-order chi connectivity index (χ1) is 15.1. The van der Waals surface area contributed by atoms with Crippen LogP contribution in [0.1, 0.15) is 44.4 Å². The van der Waals surface area contributed by atoms with E-state index in [9.17, 15) is 29.1 Å². The first kappa shape index (κ1) is 25.3. The number of carbonyl (C=O) groups excluding carboxylic acids is 5. The van der Waals surface area contributed by atoms with Gasteiger partial charge in [-0.1, -0.05) is 19.9 Å². The number of carboxylic acid groups (broad SMARTS) is 1. The number of nitrogens with zero attached hydrogens (tertiary/aromatic N) is 1. The van der Waals surface area contributed by atoms with Crippen molar-refractivity contribution in [3.05, 3.63) is 22.4 Å². The van der Waals surface area contributed by atoms with Gasteiger partial charge in [-0.2, -0.15) is 0 Å². The van der Waals surface area contributed by atoms with E-state index in [1.807, 2.05) is 17.5 Å². The molecule has 1 aliphatic heterocycles. The van der Waals surface area contributed by atoms with Crippen molar-refractivity contribution in [2.75, 3.05) is 6.54 Å². The van der Waals surface area contributed by atoms with Gasteiger partial charge in [-0.05, 0) is 36.6 Å². The maximum atomic E-state index is 13.0. The predicted octanol–water partition coefficient (Wildman–Crippen LogP) is -1.08. The Morgan fingerprint density at radius 1 is 1.25 bits per heavy atom. The first-order valence-electron chi connectivity index (χ1n) is 10.5. The van der Waals surface area contributed by atoms with Crippen LogP contribution in [0, 0.1) is 5.92 Å². The molecule has 0 spiro atoms. The zero-order valence-corrected chi connectivity index (χ0v) is 19.0. The van der Waals surface area contributed by atoms with Crippen LogP contribution in [-0.2, 0) is 30.4 Å². The fourth-order valence-corrected chi connectivity index (χ4v) is 4.37. The van der Waals surface area contributed by atoms with E-state index in [4.69, 9.17) is 5.73 Å². The summed E-state index contributed by atoms with van der Waals surface area (Å²) >= 11 is 1.47. The molecule has 1 aliphatic rings. The lowest BCUT2D eigenvalue weighted by molar-refractivity contribution is -0.305. The summed E-state index contributed by atoms with van der Waals surface area (Å²) in [6, 6.07) is 1.47. The number of hydrogen-bond donors (Lipinski definition) is 3. The quantitative estimate of drug-likeness (QED) is 0.398. The van der Waals surface area contributed by atoms with Crippen LogP contribution in [0.2, 0.25) is 0 Å². The van der Waals surface area contributed by atoms with Crippen LogP contribution >= 0.6 is 11.3 Å². The van der Waals surface area contributed by atoms with E-state index >= 15 is 0 Å². The average Bonchev–Trinajstić information content (AvgIpc) is 3.22. The molecule has 0 saturated carbocycles. The zero-order valence-electron chi connectivity index (χ0n) is 18.2. The van der Waals surface area contributed by atoms with Crippen molar-refractivity contribution >= 4 is 40.9 Å². The van der Waals surface area contributed by atoms with E-state index < -0.39 is 42.2 Å². The molecule has 10 nitrogen and oxygen atoms in total. The van der Waals surface area contributed by atoms with Crippen LogP contribution in [0.5, 0.6) is 0 Å². The van der Waals surface area contributed by atoms with Crippen molar-refractivity contribution in [1.29, 1.82) is 0 Å².